The smallest absolute Gasteiger partial charge is 0.141 e. The molecular weight excluding hydrogens is 543 g/mol. The number of hydrogen-bond acceptors (Lipinski definition) is 9. The van der Waals surface area contributed by atoms with Crippen LogP contribution < -0.4 is 20.1 Å². The topological polar surface area (TPSA) is 105 Å². The molecule has 1 aromatic carbocycles. The highest BCUT2D eigenvalue weighted by molar-refractivity contribution is 6.41. The molecule has 0 amide bonds. The van der Waals surface area contributed by atoms with Crippen LogP contribution in [0.4, 0.5) is 11.6 Å². The summed E-state index contributed by atoms with van der Waals surface area (Å²) in [7, 11) is 4.75. The third-order valence-electron chi connectivity index (χ3n) is 6.50. The Labute approximate surface area is 236 Å². The van der Waals surface area contributed by atoms with Crippen LogP contribution in [0.1, 0.15) is 12.0 Å². The first-order chi connectivity index (χ1) is 19.0. The maximum absolute atomic E-state index is 6.73. The van der Waals surface area contributed by atoms with E-state index in [2.05, 4.69) is 20.7 Å². The second-order valence-electron chi connectivity index (χ2n) is 9.09. The monoisotopic (exact) mass is 572 g/mol. The molecule has 1 unspecified atom stereocenters. The Morgan fingerprint density at radius 3 is 2.56 bits per heavy atom. The molecule has 5 rings (SSSR count). The van der Waals surface area contributed by atoms with Gasteiger partial charge in [-0.25, -0.2) is 9.97 Å². The largest absolute Gasteiger partial charge is 0.495 e. The highest BCUT2D eigenvalue weighted by Gasteiger charge is 2.22. The predicted molar refractivity (Wildman–Crippen MR) is 152 cm³/mol. The van der Waals surface area contributed by atoms with Gasteiger partial charge >= 0.3 is 0 Å². The van der Waals surface area contributed by atoms with Crippen molar-refractivity contribution in [3.05, 3.63) is 52.4 Å². The molecule has 39 heavy (non-hydrogen) atoms. The van der Waals surface area contributed by atoms with Crippen molar-refractivity contribution >= 4 is 45.6 Å². The van der Waals surface area contributed by atoms with Crippen LogP contribution in [0.3, 0.4) is 0 Å². The van der Waals surface area contributed by atoms with Crippen LogP contribution in [-0.4, -0.2) is 66.9 Å². The van der Waals surface area contributed by atoms with Crippen molar-refractivity contribution in [1.82, 2.24) is 19.7 Å². The summed E-state index contributed by atoms with van der Waals surface area (Å²) >= 11 is 13.5. The van der Waals surface area contributed by atoms with Gasteiger partial charge < -0.3 is 29.6 Å². The van der Waals surface area contributed by atoms with Gasteiger partial charge in [0.25, 0.3) is 0 Å². The summed E-state index contributed by atoms with van der Waals surface area (Å²) in [5, 5.41) is 13.8. The van der Waals surface area contributed by atoms with E-state index in [4.69, 9.17) is 47.1 Å². The first-order valence-electron chi connectivity index (χ1n) is 12.5. The van der Waals surface area contributed by atoms with Crippen molar-refractivity contribution in [2.45, 2.75) is 25.6 Å². The molecule has 4 heterocycles. The molecule has 4 aromatic rings. The van der Waals surface area contributed by atoms with Gasteiger partial charge in [-0.15, -0.1) is 0 Å². The number of methoxy groups -OCH3 is 3. The van der Waals surface area contributed by atoms with E-state index in [0.29, 0.717) is 64.9 Å². The molecule has 1 atom stereocenters. The maximum Gasteiger partial charge on any atom is 0.141 e. The third-order valence-corrected chi connectivity index (χ3v) is 7.25. The molecule has 0 radical (unpaired) electrons. The van der Waals surface area contributed by atoms with E-state index in [9.17, 15) is 0 Å². The standard InChI is InChI=1S/C27H30Cl2N6O4/c1-36-7-5-35-14-16(12-32-35)11-31-27-19-9-23(33-18-4-6-39-15-18)30-13-17(19)8-20(34-27)24-25(28)21(37-2)10-22(38-3)26(24)29/h8-10,12-14,18H,4-7,11,15H2,1-3H3,(H,30,33)(H,31,34). The minimum Gasteiger partial charge on any atom is -0.495 e. The second kappa shape index (κ2) is 12.3. The summed E-state index contributed by atoms with van der Waals surface area (Å²) < 4.78 is 23.5. The van der Waals surface area contributed by atoms with Gasteiger partial charge in [0.1, 0.15) is 23.1 Å². The van der Waals surface area contributed by atoms with Crippen molar-refractivity contribution in [2.75, 3.05) is 51.8 Å². The lowest BCUT2D eigenvalue weighted by atomic mass is 10.1. The fourth-order valence-electron chi connectivity index (χ4n) is 4.45. The molecule has 206 valence electrons. The van der Waals surface area contributed by atoms with E-state index >= 15 is 0 Å². The van der Waals surface area contributed by atoms with Gasteiger partial charge in [0.15, 0.2) is 0 Å². The highest BCUT2D eigenvalue weighted by Crippen LogP contribution is 2.46. The van der Waals surface area contributed by atoms with Crippen LogP contribution in [0.5, 0.6) is 11.5 Å². The zero-order chi connectivity index (χ0) is 27.4. The average molecular weight is 573 g/mol. The molecule has 1 aliphatic heterocycles. The Kier molecular flexibility index (Phi) is 8.56. The summed E-state index contributed by atoms with van der Waals surface area (Å²) in [5.41, 5.74) is 2.07. The van der Waals surface area contributed by atoms with Crippen LogP contribution in [-0.2, 0) is 22.6 Å². The number of pyridine rings is 2. The quantitative estimate of drug-likeness (QED) is 0.248. The van der Waals surface area contributed by atoms with Crippen LogP contribution in [0, 0.1) is 0 Å². The van der Waals surface area contributed by atoms with Gasteiger partial charge in [0.05, 0.1) is 62.0 Å². The second-order valence-corrected chi connectivity index (χ2v) is 9.85. The maximum atomic E-state index is 6.73. The minimum absolute atomic E-state index is 0.221. The molecule has 12 heteroatoms. The molecule has 3 aromatic heterocycles. The Morgan fingerprint density at radius 1 is 1.08 bits per heavy atom. The molecule has 1 aliphatic rings. The first-order valence-corrected chi connectivity index (χ1v) is 13.3. The van der Waals surface area contributed by atoms with Crippen LogP contribution in [0.25, 0.3) is 22.0 Å². The SMILES string of the molecule is COCCn1cc(CNc2nc(-c3c(Cl)c(OC)cc(OC)c3Cl)cc3cnc(NC4CCOC4)cc23)cn1. The first kappa shape index (κ1) is 27.3. The summed E-state index contributed by atoms with van der Waals surface area (Å²) in [4.78, 5) is 9.62. The van der Waals surface area contributed by atoms with Crippen molar-refractivity contribution in [2.24, 2.45) is 0 Å². The van der Waals surface area contributed by atoms with Crippen LogP contribution in [0.2, 0.25) is 10.0 Å². The fraction of sp³-hybridized carbons (Fsp3) is 0.370. The van der Waals surface area contributed by atoms with Crippen molar-refractivity contribution in [3.63, 3.8) is 0 Å². The number of hydrogen-bond donors (Lipinski definition) is 2. The lowest BCUT2D eigenvalue weighted by Crippen LogP contribution is -2.19. The number of fused-ring (bicyclic) bond motifs is 1. The van der Waals surface area contributed by atoms with E-state index in [0.717, 1.165) is 35.2 Å². The number of aromatic nitrogens is 4. The van der Waals surface area contributed by atoms with Crippen LogP contribution >= 0.6 is 23.2 Å². The molecule has 0 spiro atoms. The van der Waals surface area contributed by atoms with Gasteiger partial charge in [-0.05, 0) is 18.6 Å². The van der Waals surface area contributed by atoms with Crippen molar-refractivity contribution in [1.29, 1.82) is 0 Å². The van der Waals surface area contributed by atoms with E-state index in [1.165, 1.54) is 0 Å². The molecule has 0 aliphatic carbocycles. The zero-order valence-corrected chi connectivity index (χ0v) is 23.5. The molecule has 1 fully saturated rings. The highest BCUT2D eigenvalue weighted by atomic mass is 35.5. The lowest BCUT2D eigenvalue weighted by Gasteiger charge is -2.17. The molecular formula is C27H30Cl2N6O4. The van der Waals surface area contributed by atoms with Crippen LogP contribution in [0.15, 0.2) is 36.8 Å². The minimum atomic E-state index is 0.221. The van der Waals surface area contributed by atoms with Gasteiger partial charge in [0, 0.05) is 60.6 Å². The Balaban J connectivity index is 1.56. The number of benzene rings is 1. The Hall–Kier alpha value is -3.31. The molecule has 1 saturated heterocycles. The third kappa shape index (κ3) is 5.99. The molecule has 0 saturated carbocycles. The summed E-state index contributed by atoms with van der Waals surface area (Å²) in [6, 6.07) is 5.77. The normalized spacial score (nSPS) is 15.1. The number of anilines is 2. The van der Waals surface area contributed by atoms with E-state index in [-0.39, 0.29) is 6.04 Å². The summed E-state index contributed by atoms with van der Waals surface area (Å²) in [5.74, 6) is 2.27. The fourth-order valence-corrected chi connectivity index (χ4v) is 5.14. The molecule has 2 N–H and O–H groups in total. The Morgan fingerprint density at radius 2 is 1.87 bits per heavy atom. The zero-order valence-electron chi connectivity index (χ0n) is 22.0. The Bertz CT molecular complexity index is 1430. The number of rotatable bonds is 11. The van der Waals surface area contributed by atoms with Crippen molar-refractivity contribution in [3.8, 4) is 22.8 Å². The number of nitrogens with zero attached hydrogens (tertiary/aromatic N) is 4. The number of ether oxygens (including phenoxy) is 4. The molecule has 0 bridgehead atoms. The van der Waals surface area contributed by atoms with E-state index in [1.54, 1.807) is 27.4 Å². The van der Waals surface area contributed by atoms with E-state index < -0.39 is 0 Å². The van der Waals surface area contributed by atoms with Gasteiger partial charge in [0.2, 0.25) is 0 Å². The van der Waals surface area contributed by atoms with Crippen molar-refractivity contribution < 1.29 is 18.9 Å². The number of halogens is 2. The van der Waals surface area contributed by atoms with E-state index in [1.807, 2.05) is 35.4 Å². The predicted octanol–water partition coefficient (Wildman–Crippen LogP) is 5.28. The average Bonchev–Trinajstić information content (AvgIpc) is 3.63. The molecule has 10 nitrogen and oxygen atoms in total. The summed E-state index contributed by atoms with van der Waals surface area (Å²) in [6.45, 7) is 3.16. The lowest BCUT2D eigenvalue weighted by molar-refractivity contribution is 0.183. The van der Waals surface area contributed by atoms with Gasteiger partial charge in [-0.3, -0.25) is 4.68 Å². The van der Waals surface area contributed by atoms with Gasteiger partial charge in [-0.2, -0.15) is 5.10 Å². The number of nitrogens with one attached hydrogen (secondary N) is 2. The summed E-state index contributed by atoms with van der Waals surface area (Å²) in [6.07, 6.45) is 6.55. The van der Waals surface area contributed by atoms with Gasteiger partial charge in [-0.1, -0.05) is 23.2 Å².